The molecule has 1 heterocycles. The molecule has 2 aromatic carbocycles. The highest BCUT2D eigenvalue weighted by molar-refractivity contribution is 6.31. The fraction of sp³-hybridized carbons (Fsp3) is 0.318. The molecule has 0 atom stereocenters. The zero-order valence-corrected chi connectivity index (χ0v) is 17.5. The summed E-state index contributed by atoms with van der Waals surface area (Å²) in [5, 5.41) is 3.30. The summed E-state index contributed by atoms with van der Waals surface area (Å²) in [5.74, 6) is -0.0985. The van der Waals surface area contributed by atoms with Crippen LogP contribution >= 0.6 is 11.6 Å². The molecule has 4 rings (SSSR count). The quantitative estimate of drug-likeness (QED) is 0.539. The second kappa shape index (κ2) is 8.82. The van der Waals surface area contributed by atoms with Gasteiger partial charge in [0.15, 0.2) is 6.61 Å². The van der Waals surface area contributed by atoms with Crippen LogP contribution in [-0.4, -0.2) is 28.2 Å². The van der Waals surface area contributed by atoms with Gasteiger partial charge < -0.3 is 10.1 Å². The summed E-state index contributed by atoms with van der Waals surface area (Å²) < 4.78 is 43.9. The van der Waals surface area contributed by atoms with Gasteiger partial charge in [-0.15, -0.1) is 0 Å². The van der Waals surface area contributed by atoms with E-state index in [-0.39, 0.29) is 40.9 Å². The molecule has 1 saturated carbocycles. The van der Waals surface area contributed by atoms with Gasteiger partial charge in [-0.2, -0.15) is 13.2 Å². The monoisotopic (exact) mass is 465 g/mol. The largest absolute Gasteiger partial charge is 0.482 e. The number of amides is 1. The first kappa shape index (κ1) is 22.1. The van der Waals surface area contributed by atoms with E-state index in [1.165, 1.54) is 18.2 Å². The average molecular weight is 466 g/mol. The van der Waals surface area contributed by atoms with E-state index in [9.17, 15) is 22.8 Å². The number of carbonyl (C=O) groups excluding carboxylic acids is 1. The molecule has 1 aliphatic rings. The lowest BCUT2D eigenvalue weighted by molar-refractivity contribution is -0.153. The number of halogens is 4. The van der Waals surface area contributed by atoms with E-state index < -0.39 is 18.7 Å². The maximum atomic E-state index is 12.9. The fourth-order valence-corrected chi connectivity index (χ4v) is 3.57. The Morgan fingerprint density at radius 2 is 1.97 bits per heavy atom. The highest BCUT2D eigenvalue weighted by Gasteiger charge is 2.30. The molecule has 0 saturated heterocycles. The Morgan fingerprint density at radius 3 is 2.69 bits per heavy atom. The molecule has 6 nitrogen and oxygen atoms in total. The molecule has 1 N–H and O–H groups in total. The number of aromatic nitrogens is 2. The van der Waals surface area contributed by atoms with E-state index in [0.717, 1.165) is 12.8 Å². The summed E-state index contributed by atoms with van der Waals surface area (Å²) in [5.41, 5.74) is 0.464. The van der Waals surface area contributed by atoms with Crippen LogP contribution < -0.4 is 15.6 Å². The van der Waals surface area contributed by atoms with Crippen LogP contribution in [-0.2, 0) is 11.2 Å². The lowest BCUT2D eigenvalue weighted by atomic mass is 10.2. The van der Waals surface area contributed by atoms with E-state index in [2.05, 4.69) is 10.3 Å². The number of hydrogen-bond donors (Lipinski definition) is 1. The topological polar surface area (TPSA) is 73.2 Å². The van der Waals surface area contributed by atoms with Crippen molar-refractivity contribution < 1.29 is 22.7 Å². The first-order chi connectivity index (χ1) is 15.2. The molecule has 3 aromatic rings. The van der Waals surface area contributed by atoms with Gasteiger partial charge in [0.1, 0.15) is 11.6 Å². The van der Waals surface area contributed by atoms with Crippen molar-refractivity contribution in [3.63, 3.8) is 0 Å². The summed E-state index contributed by atoms with van der Waals surface area (Å²) in [4.78, 5) is 30.0. The van der Waals surface area contributed by atoms with Gasteiger partial charge in [0.25, 0.3) is 5.56 Å². The number of nitrogens with zero attached hydrogens (tertiary/aromatic N) is 2. The summed E-state index contributed by atoms with van der Waals surface area (Å²) in [7, 11) is 0. The van der Waals surface area contributed by atoms with E-state index in [4.69, 9.17) is 16.3 Å². The third-order valence-corrected chi connectivity index (χ3v) is 5.21. The molecule has 1 fully saturated rings. The van der Waals surface area contributed by atoms with Crippen LogP contribution in [0.4, 0.5) is 18.9 Å². The Bertz CT molecular complexity index is 1220. The van der Waals surface area contributed by atoms with Gasteiger partial charge in [-0.05, 0) is 43.2 Å². The molecule has 0 aliphatic heterocycles. The van der Waals surface area contributed by atoms with E-state index >= 15 is 0 Å². The third-order valence-electron chi connectivity index (χ3n) is 4.98. The average Bonchev–Trinajstić information content (AvgIpc) is 3.56. The predicted molar refractivity (Wildman–Crippen MR) is 114 cm³/mol. The minimum absolute atomic E-state index is 0.0251. The van der Waals surface area contributed by atoms with Crippen molar-refractivity contribution in [2.45, 2.75) is 37.9 Å². The lowest BCUT2D eigenvalue weighted by Crippen LogP contribution is -2.25. The van der Waals surface area contributed by atoms with Gasteiger partial charge in [0.2, 0.25) is 5.91 Å². The summed E-state index contributed by atoms with van der Waals surface area (Å²) >= 11 is 5.92. The standard InChI is InChI=1S/C22H19ClF3N3O3/c23-13-5-8-18(32-12-22(24,25)26)17(11-13)28-20(30)10-9-19-27-16-4-2-1-3-15(16)21(31)29(19)14-6-7-14/h1-5,8,11,14H,6-7,9-10,12H2,(H,28,30). The highest BCUT2D eigenvalue weighted by atomic mass is 35.5. The maximum Gasteiger partial charge on any atom is 0.422 e. The second-order valence-corrected chi connectivity index (χ2v) is 7.98. The van der Waals surface area contributed by atoms with Crippen LogP contribution in [0.25, 0.3) is 10.9 Å². The zero-order valence-electron chi connectivity index (χ0n) is 16.8. The zero-order chi connectivity index (χ0) is 22.9. The van der Waals surface area contributed by atoms with Gasteiger partial charge in [0, 0.05) is 23.9 Å². The minimum Gasteiger partial charge on any atom is -0.482 e. The number of para-hydroxylation sites is 1. The molecule has 168 valence electrons. The second-order valence-electron chi connectivity index (χ2n) is 7.54. The molecule has 0 spiro atoms. The molecule has 0 radical (unpaired) electrons. The first-order valence-corrected chi connectivity index (χ1v) is 10.4. The minimum atomic E-state index is -4.52. The van der Waals surface area contributed by atoms with Gasteiger partial charge in [-0.25, -0.2) is 4.98 Å². The normalized spacial score (nSPS) is 13.9. The number of aryl methyl sites for hydroxylation is 1. The Balaban J connectivity index is 1.51. The third kappa shape index (κ3) is 5.21. The number of benzene rings is 2. The van der Waals surface area contributed by atoms with Crippen molar-refractivity contribution >= 4 is 34.1 Å². The van der Waals surface area contributed by atoms with Gasteiger partial charge in [0.05, 0.1) is 16.6 Å². The first-order valence-electron chi connectivity index (χ1n) is 10.0. The van der Waals surface area contributed by atoms with E-state index in [1.807, 2.05) is 0 Å². The number of nitrogens with one attached hydrogen (secondary N) is 1. The molecule has 10 heteroatoms. The van der Waals surface area contributed by atoms with Crippen molar-refractivity contribution in [2.24, 2.45) is 0 Å². The molecule has 1 aromatic heterocycles. The molecule has 1 aliphatic carbocycles. The number of alkyl halides is 3. The molecule has 32 heavy (non-hydrogen) atoms. The van der Waals surface area contributed by atoms with Crippen LogP contribution in [0.1, 0.15) is 31.1 Å². The van der Waals surface area contributed by atoms with Crippen LogP contribution in [0.2, 0.25) is 5.02 Å². The Hall–Kier alpha value is -3.07. The van der Waals surface area contributed by atoms with E-state index in [0.29, 0.717) is 16.7 Å². The molecule has 1 amide bonds. The SMILES string of the molecule is O=C(CCc1nc2ccccc2c(=O)n1C1CC1)Nc1cc(Cl)ccc1OCC(F)(F)F. The fourth-order valence-electron chi connectivity index (χ4n) is 3.40. The Labute approximate surface area is 186 Å². The lowest BCUT2D eigenvalue weighted by Gasteiger charge is -2.15. The smallest absolute Gasteiger partial charge is 0.422 e. The number of fused-ring (bicyclic) bond motifs is 1. The number of ether oxygens (including phenoxy) is 1. The van der Waals surface area contributed by atoms with Gasteiger partial charge in [-0.1, -0.05) is 23.7 Å². The Morgan fingerprint density at radius 1 is 1.22 bits per heavy atom. The van der Waals surface area contributed by atoms with Crippen molar-refractivity contribution in [2.75, 3.05) is 11.9 Å². The maximum absolute atomic E-state index is 12.9. The summed E-state index contributed by atoms with van der Waals surface area (Å²) in [6.07, 6.45) is -2.59. The van der Waals surface area contributed by atoms with Crippen molar-refractivity contribution in [1.82, 2.24) is 9.55 Å². The predicted octanol–water partition coefficient (Wildman–Crippen LogP) is 4.90. The number of carbonyl (C=O) groups is 1. The summed E-state index contributed by atoms with van der Waals surface area (Å²) in [6.45, 7) is -1.49. The number of anilines is 1. The van der Waals surface area contributed by atoms with Gasteiger partial charge in [-0.3, -0.25) is 14.2 Å². The van der Waals surface area contributed by atoms with Crippen LogP contribution in [0.3, 0.4) is 0 Å². The Kier molecular flexibility index (Phi) is 6.10. The molecular weight excluding hydrogens is 447 g/mol. The molecule has 0 unspecified atom stereocenters. The van der Waals surface area contributed by atoms with Crippen molar-refractivity contribution in [3.05, 3.63) is 63.7 Å². The van der Waals surface area contributed by atoms with Crippen molar-refractivity contribution in [3.8, 4) is 5.75 Å². The number of hydrogen-bond acceptors (Lipinski definition) is 4. The molecule has 0 bridgehead atoms. The van der Waals surface area contributed by atoms with Gasteiger partial charge >= 0.3 is 6.18 Å². The van der Waals surface area contributed by atoms with E-state index in [1.54, 1.807) is 28.8 Å². The van der Waals surface area contributed by atoms with Crippen LogP contribution in [0.5, 0.6) is 5.75 Å². The summed E-state index contributed by atoms with van der Waals surface area (Å²) in [6, 6.07) is 11.1. The number of rotatable bonds is 7. The highest BCUT2D eigenvalue weighted by Crippen LogP contribution is 2.35. The molecular formula is C22H19ClF3N3O3. The van der Waals surface area contributed by atoms with Crippen molar-refractivity contribution in [1.29, 1.82) is 0 Å². The van der Waals surface area contributed by atoms with Crippen LogP contribution in [0.15, 0.2) is 47.3 Å². The van der Waals surface area contributed by atoms with Crippen LogP contribution in [0, 0.1) is 0 Å².